The van der Waals surface area contributed by atoms with E-state index in [4.69, 9.17) is 0 Å². The first-order valence-corrected chi connectivity index (χ1v) is 7.64. The van der Waals surface area contributed by atoms with Crippen LogP contribution in [0.2, 0.25) is 0 Å². The third-order valence-corrected chi connectivity index (χ3v) is 4.29. The molecule has 1 aliphatic heterocycles. The van der Waals surface area contributed by atoms with Crippen molar-refractivity contribution < 1.29 is 4.79 Å². The molecule has 0 saturated heterocycles. The van der Waals surface area contributed by atoms with Gasteiger partial charge in [-0.1, -0.05) is 18.2 Å². The molecule has 0 bridgehead atoms. The predicted molar refractivity (Wildman–Crippen MR) is 88.3 cm³/mol. The number of benzene rings is 1. The van der Waals surface area contributed by atoms with Crippen LogP contribution in [0.1, 0.15) is 21.6 Å². The van der Waals surface area contributed by atoms with Crippen molar-refractivity contribution >= 4 is 22.6 Å². The maximum Gasteiger partial charge on any atom is 0.254 e. The van der Waals surface area contributed by atoms with Gasteiger partial charge < -0.3 is 10.2 Å². The van der Waals surface area contributed by atoms with Gasteiger partial charge in [-0.3, -0.25) is 9.89 Å². The maximum atomic E-state index is 13.1. The highest BCUT2D eigenvalue weighted by atomic mass is 16.2. The van der Waals surface area contributed by atoms with Crippen LogP contribution in [0.4, 0.5) is 5.82 Å². The van der Waals surface area contributed by atoms with Crippen LogP contribution in [0.15, 0.2) is 36.5 Å². The number of aromatic nitrogens is 3. The maximum absolute atomic E-state index is 13.1. The summed E-state index contributed by atoms with van der Waals surface area (Å²) in [6.45, 7) is 1.29. The van der Waals surface area contributed by atoms with Gasteiger partial charge in [0.25, 0.3) is 5.91 Å². The Morgan fingerprint density at radius 2 is 2.22 bits per heavy atom. The first-order chi connectivity index (χ1) is 11.3. The third-order valence-electron chi connectivity index (χ3n) is 4.29. The molecule has 116 valence electrons. The quantitative estimate of drug-likeness (QED) is 0.761. The van der Waals surface area contributed by atoms with Crippen molar-refractivity contribution in [1.82, 2.24) is 20.1 Å². The van der Waals surface area contributed by atoms with Crippen molar-refractivity contribution in [2.45, 2.75) is 13.0 Å². The van der Waals surface area contributed by atoms with E-state index in [-0.39, 0.29) is 5.91 Å². The lowest BCUT2D eigenvalue weighted by Crippen LogP contribution is -2.35. The van der Waals surface area contributed by atoms with E-state index in [0.29, 0.717) is 24.5 Å². The molecule has 1 aromatic carbocycles. The van der Waals surface area contributed by atoms with Crippen molar-refractivity contribution in [1.29, 1.82) is 0 Å². The predicted octanol–water partition coefficient (Wildman–Crippen LogP) is 2.20. The van der Waals surface area contributed by atoms with Gasteiger partial charge in [0, 0.05) is 43.2 Å². The average molecular weight is 307 g/mol. The lowest BCUT2D eigenvalue weighted by Gasteiger charge is -2.27. The van der Waals surface area contributed by atoms with Crippen molar-refractivity contribution in [2.75, 3.05) is 18.9 Å². The number of amides is 1. The number of nitrogens with one attached hydrogen (secondary N) is 2. The van der Waals surface area contributed by atoms with Gasteiger partial charge in [-0.05, 0) is 12.1 Å². The van der Waals surface area contributed by atoms with Gasteiger partial charge in [0.05, 0.1) is 17.3 Å². The van der Waals surface area contributed by atoms with Crippen LogP contribution in [-0.4, -0.2) is 39.6 Å². The monoisotopic (exact) mass is 307 g/mol. The van der Waals surface area contributed by atoms with Crippen molar-refractivity contribution in [3.05, 3.63) is 53.3 Å². The number of carbonyl (C=O) groups is 1. The van der Waals surface area contributed by atoms with Gasteiger partial charge in [0.1, 0.15) is 5.82 Å². The smallest absolute Gasteiger partial charge is 0.254 e. The standard InChI is InChI=1S/C17H17N5O/c1-18-16-8-13(12-4-2-3-5-15(12)20-16)17(23)22-7-6-14-11(10-22)9-19-21-14/h2-5,8-9H,6-7,10H2,1H3,(H,18,20)(H,19,21). The van der Waals surface area contributed by atoms with E-state index in [9.17, 15) is 4.79 Å². The second kappa shape index (κ2) is 5.39. The molecule has 0 atom stereocenters. The number of rotatable bonds is 2. The van der Waals surface area contributed by atoms with E-state index in [1.165, 1.54) is 0 Å². The van der Waals surface area contributed by atoms with Crippen molar-refractivity contribution in [3.8, 4) is 0 Å². The Kier molecular flexibility index (Phi) is 3.22. The summed E-state index contributed by atoms with van der Waals surface area (Å²) in [5.74, 6) is 0.736. The van der Waals surface area contributed by atoms with Crippen molar-refractivity contribution in [2.24, 2.45) is 0 Å². The van der Waals surface area contributed by atoms with Gasteiger partial charge in [0.2, 0.25) is 0 Å². The molecule has 23 heavy (non-hydrogen) atoms. The number of aromatic amines is 1. The summed E-state index contributed by atoms with van der Waals surface area (Å²) in [5, 5.41) is 11.0. The summed E-state index contributed by atoms with van der Waals surface area (Å²) in [5.41, 5.74) is 3.73. The normalized spacial score (nSPS) is 13.9. The molecule has 1 aliphatic rings. The van der Waals surface area contributed by atoms with E-state index in [1.54, 1.807) is 6.20 Å². The lowest BCUT2D eigenvalue weighted by atomic mass is 10.0. The Labute approximate surface area is 133 Å². The molecular formula is C17H17N5O. The molecule has 2 N–H and O–H groups in total. The minimum absolute atomic E-state index is 0.0342. The fraction of sp³-hybridized carbons (Fsp3) is 0.235. The fourth-order valence-electron chi connectivity index (χ4n) is 3.05. The van der Waals surface area contributed by atoms with Crippen LogP contribution in [0.25, 0.3) is 10.9 Å². The molecular weight excluding hydrogens is 290 g/mol. The average Bonchev–Trinajstić information content (AvgIpc) is 3.07. The van der Waals surface area contributed by atoms with E-state index in [0.717, 1.165) is 28.6 Å². The van der Waals surface area contributed by atoms with E-state index < -0.39 is 0 Å². The van der Waals surface area contributed by atoms with E-state index >= 15 is 0 Å². The van der Waals surface area contributed by atoms with Crippen LogP contribution in [0, 0.1) is 0 Å². The zero-order valence-electron chi connectivity index (χ0n) is 12.8. The molecule has 6 heteroatoms. The minimum atomic E-state index is 0.0342. The summed E-state index contributed by atoms with van der Waals surface area (Å²) < 4.78 is 0. The molecule has 4 rings (SSSR count). The first kappa shape index (κ1) is 13.8. The topological polar surface area (TPSA) is 73.9 Å². The van der Waals surface area contributed by atoms with E-state index in [1.807, 2.05) is 42.3 Å². The number of carbonyl (C=O) groups excluding carboxylic acids is 1. The Hall–Kier alpha value is -2.89. The lowest BCUT2D eigenvalue weighted by molar-refractivity contribution is 0.0736. The Bertz CT molecular complexity index is 886. The first-order valence-electron chi connectivity index (χ1n) is 7.64. The Balaban J connectivity index is 1.75. The molecule has 3 heterocycles. The van der Waals surface area contributed by atoms with Crippen LogP contribution in [-0.2, 0) is 13.0 Å². The molecule has 0 unspecified atom stereocenters. The molecule has 6 nitrogen and oxygen atoms in total. The molecule has 0 fully saturated rings. The Morgan fingerprint density at radius 3 is 3.09 bits per heavy atom. The Morgan fingerprint density at radius 1 is 1.35 bits per heavy atom. The number of anilines is 1. The summed E-state index contributed by atoms with van der Waals surface area (Å²) in [7, 11) is 1.81. The zero-order valence-corrected chi connectivity index (χ0v) is 12.8. The van der Waals surface area contributed by atoms with Gasteiger partial charge >= 0.3 is 0 Å². The summed E-state index contributed by atoms with van der Waals surface area (Å²) in [6.07, 6.45) is 2.61. The van der Waals surface area contributed by atoms with Gasteiger partial charge in [-0.2, -0.15) is 5.10 Å². The summed E-state index contributed by atoms with van der Waals surface area (Å²) in [4.78, 5) is 19.4. The third kappa shape index (κ3) is 2.32. The number of hydrogen-bond donors (Lipinski definition) is 2. The molecule has 1 amide bonds. The van der Waals surface area contributed by atoms with Crippen molar-refractivity contribution in [3.63, 3.8) is 0 Å². The van der Waals surface area contributed by atoms with Crippen LogP contribution in [0.5, 0.6) is 0 Å². The number of pyridine rings is 1. The van der Waals surface area contributed by atoms with Gasteiger partial charge in [-0.25, -0.2) is 4.98 Å². The van der Waals surface area contributed by atoms with Crippen LogP contribution >= 0.6 is 0 Å². The number of para-hydroxylation sites is 1. The number of fused-ring (bicyclic) bond motifs is 2. The molecule has 0 spiro atoms. The molecule has 2 aromatic heterocycles. The highest BCUT2D eigenvalue weighted by Crippen LogP contribution is 2.24. The fourth-order valence-corrected chi connectivity index (χ4v) is 3.05. The zero-order chi connectivity index (χ0) is 15.8. The van der Waals surface area contributed by atoms with Crippen LogP contribution < -0.4 is 5.32 Å². The SMILES string of the molecule is CNc1cc(C(=O)N2CCc3[nH]ncc3C2)c2ccccc2n1. The van der Waals surface area contributed by atoms with Crippen LogP contribution in [0.3, 0.4) is 0 Å². The highest BCUT2D eigenvalue weighted by molar-refractivity contribution is 6.07. The molecule has 0 aliphatic carbocycles. The van der Waals surface area contributed by atoms with Gasteiger partial charge in [0.15, 0.2) is 0 Å². The summed E-state index contributed by atoms with van der Waals surface area (Å²) >= 11 is 0. The second-order valence-electron chi connectivity index (χ2n) is 5.67. The second-order valence-corrected chi connectivity index (χ2v) is 5.67. The molecule has 0 saturated carbocycles. The highest BCUT2D eigenvalue weighted by Gasteiger charge is 2.24. The largest absolute Gasteiger partial charge is 0.373 e. The minimum Gasteiger partial charge on any atom is -0.373 e. The van der Waals surface area contributed by atoms with Gasteiger partial charge in [-0.15, -0.1) is 0 Å². The molecule has 3 aromatic rings. The molecule has 0 radical (unpaired) electrons. The number of H-pyrrole nitrogens is 1. The van der Waals surface area contributed by atoms with E-state index in [2.05, 4.69) is 20.5 Å². The summed E-state index contributed by atoms with van der Waals surface area (Å²) in [6, 6.07) is 9.57. The number of nitrogens with zero attached hydrogens (tertiary/aromatic N) is 3. The number of hydrogen-bond acceptors (Lipinski definition) is 4.